The largest absolute Gasteiger partial charge is 1.00 e. The van der Waals surface area contributed by atoms with Crippen molar-refractivity contribution in [2.45, 2.75) is 64.7 Å². The zero-order chi connectivity index (χ0) is 24.3. The summed E-state index contributed by atoms with van der Waals surface area (Å²) in [7, 11) is 10.7. The number of hydrogen-bond acceptors (Lipinski definition) is 3. The monoisotopic (exact) mass is 526 g/mol. The molecule has 0 atom stereocenters. The van der Waals surface area contributed by atoms with Gasteiger partial charge in [-0.25, -0.2) is 0 Å². The van der Waals surface area contributed by atoms with Crippen molar-refractivity contribution < 1.29 is 48.1 Å². The third-order valence-electron chi connectivity index (χ3n) is 5.22. The minimum absolute atomic E-state index is 0. The molecule has 9 heteroatoms. The zero-order valence-corrected chi connectivity index (χ0v) is 24.1. The molecule has 0 aliphatic carbocycles. The summed E-state index contributed by atoms with van der Waals surface area (Å²) >= 11 is 0. The number of unbranched alkanes of at least 4 members (excludes halogenated alkanes) is 4. The van der Waals surface area contributed by atoms with Crippen LogP contribution in [0.5, 0.6) is 0 Å². The molecule has 0 aliphatic heterocycles. The zero-order valence-electron chi connectivity index (χ0n) is 22.6. The van der Waals surface area contributed by atoms with Crippen LogP contribution in [0.1, 0.15) is 64.7 Å². The van der Waals surface area contributed by atoms with Gasteiger partial charge in [-0.2, -0.15) is 0 Å². The summed E-state index contributed by atoms with van der Waals surface area (Å²) < 4.78 is 7.22. The third kappa shape index (κ3) is 27.4. The number of carbonyl (C=O) groups is 2. The van der Waals surface area contributed by atoms with Crippen LogP contribution in [0.2, 0.25) is 0 Å². The van der Waals surface area contributed by atoms with Gasteiger partial charge in [0.15, 0.2) is 0 Å². The highest BCUT2D eigenvalue weighted by atomic mass is 35.5. The van der Waals surface area contributed by atoms with Crippen LogP contribution in [0.25, 0.3) is 0 Å². The minimum atomic E-state index is 0. The molecule has 0 heterocycles. The molecule has 0 unspecified atom stereocenters. The number of likely N-dealkylation sites (N-methyl/N-ethyl adjacent to an activating group) is 1. The number of rotatable bonds is 20. The normalized spacial score (nSPS) is 11.6. The Morgan fingerprint density at radius 3 is 1.88 bits per heavy atom. The van der Waals surface area contributed by atoms with Gasteiger partial charge in [-0.3, -0.25) is 9.59 Å². The fourth-order valence-corrected chi connectivity index (χ4v) is 3.19. The predicted octanol–water partition coefficient (Wildman–Crippen LogP) is -2.93. The molecule has 0 aromatic carbocycles. The van der Waals surface area contributed by atoms with Gasteiger partial charge in [-0.15, -0.1) is 0 Å². The number of ether oxygens (including phenoxy) is 1. The molecule has 0 rings (SSSR count). The number of quaternary nitrogens is 2. The van der Waals surface area contributed by atoms with Crippen LogP contribution < -0.4 is 35.4 Å². The maximum atomic E-state index is 12.0. The van der Waals surface area contributed by atoms with Gasteiger partial charge in [0.1, 0.15) is 6.54 Å². The van der Waals surface area contributed by atoms with Crippen LogP contribution in [0.4, 0.5) is 0 Å². The van der Waals surface area contributed by atoms with Gasteiger partial charge < -0.3 is 49.2 Å². The van der Waals surface area contributed by atoms with E-state index in [1.54, 1.807) is 0 Å². The average molecular weight is 528 g/mol. The van der Waals surface area contributed by atoms with Crippen molar-refractivity contribution in [2.24, 2.45) is 0 Å². The summed E-state index contributed by atoms with van der Waals surface area (Å²) in [5.74, 6) is 0.272. The van der Waals surface area contributed by atoms with Crippen molar-refractivity contribution in [3.05, 3.63) is 12.3 Å². The smallest absolute Gasteiger partial charge is 0.220 e. The lowest BCUT2D eigenvalue weighted by molar-refractivity contribution is -0.870. The topological polar surface area (TPSA) is 67.4 Å². The third-order valence-corrected chi connectivity index (χ3v) is 5.22. The van der Waals surface area contributed by atoms with E-state index in [9.17, 15) is 9.59 Å². The van der Waals surface area contributed by atoms with Crippen molar-refractivity contribution in [3.63, 3.8) is 0 Å². The molecule has 34 heavy (non-hydrogen) atoms. The molecule has 0 aromatic rings. The summed E-state index contributed by atoms with van der Waals surface area (Å²) in [4.78, 5) is 23.8. The summed E-state index contributed by atoms with van der Waals surface area (Å²) in [5, 5.41) is 5.97. The second-order valence-corrected chi connectivity index (χ2v) is 10.3. The molecule has 0 aromatic heterocycles. The van der Waals surface area contributed by atoms with Crippen LogP contribution in [-0.2, 0) is 14.3 Å². The van der Waals surface area contributed by atoms with Crippen LogP contribution in [0.15, 0.2) is 12.3 Å². The highest BCUT2D eigenvalue weighted by molar-refractivity contribution is 5.76. The van der Waals surface area contributed by atoms with E-state index in [1.807, 2.05) is 6.08 Å². The first-order chi connectivity index (χ1) is 15.1. The molecule has 0 aliphatic rings. The van der Waals surface area contributed by atoms with Gasteiger partial charge in [-0.05, 0) is 25.3 Å². The van der Waals surface area contributed by atoms with Gasteiger partial charge in [0.05, 0.1) is 54.6 Å². The number of nitrogens with one attached hydrogen (secondary N) is 2. The Hall–Kier alpha value is -0.860. The second-order valence-electron chi connectivity index (χ2n) is 10.3. The SMILES string of the molecule is CCCOCC[N+](C)(C)/C=C\CNC(=O)CCCCCCCC(=O)NCCC[N+](C)(C)C.[Cl-].[Cl-]. The summed E-state index contributed by atoms with van der Waals surface area (Å²) in [6.07, 6.45) is 12.4. The van der Waals surface area contributed by atoms with E-state index in [-0.39, 0.29) is 36.6 Å². The van der Waals surface area contributed by atoms with Crippen molar-refractivity contribution in [1.29, 1.82) is 0 Å². The van der Waals surface area contributed by atoms with Crippen LogP contribution >= 0.6 is 0 Å². The molecule has 0 saturated heterocycles. The van der Waals surface area contributed by atoms with Crippen LogP contribution in [0.3, 0.4) is 0 Å². The van der Waals surface area contributed by atoms with E-state index in [2.05, 4.69) is 59.0 Å². The molecule has 0 spiro atoms. The van der Waals surface area contributed by atoms with Gasteiger partial charge >= 0.3 is 0 Å². The van der Waals surface area contributed by atoms with E-state index >= 15 is 0 Å². The Bertz CT molecular complexity index is 539. The lowest BCUT2D eigenvalue weighted by atomic mass is 10.1. The Morgan fingerprint density at radius 1 is 0.765 bits per heavy atom. The molecule has 2 amide bonds. The maximum Gasteiger partial charge on any atom is 0.220 e. The minimum Gasteiger partial charge on any atom is -1.00 e. The van der Waals surface area contributed by atoms with E-state index in [0.29, 0.717) is 19.4 Å². The van der Waals surface area contributed by atoms with Crippen molar-refractivity contribution in [2.75, 3.05) is 74.6 Å². The molecule has 0 fully saturated rings. The fraction of sp³-hybridized carbons (Fsp3) is 0.840. The Kier molecular flexibility index (Phi) is 25.0. The molecule has 2 N–H and O–H groups in total. The van der Waals surface area contributed by atoms with E-state index in [1.165, 1.54) is 0 Å². The average Bonchev–Trinajstić information content (AvgIpc) is 2.70. The Morgan fingerprint density at radius 2 is 1.32 bits per heavy atom. The molecule has 0 saturated carbocycles. The first-order valence-electron chi connectivity index (χ1n) is 12.5. The van der Waals surface area contributed by atoms with Crippen molar-refractivity contribution in [3.8, 4) is 0 Å². The van der Waals surface area contributed by atoms with E-state index in [4.69, 9.17) is 4.74 Å². The van der Waals surface area contributed by atoms with Gasteiger partial charge in [-0.1, -0.05) is 26.2 Å². The summed E-state index contributed by atoms with van der Waals surface area (Å²) in [6, 6.07) is 0. The Balaban J connectivity index is -0.00000480. The Labute approximate surface area is 222 Å². The first kappa shape index (κ1) is 37.7. The number of hydrogen-bond donors (Lipinski definition) is 2. The lowest BCUT2D eigenvalue weighted by Crippen LogP contribution is -3.00. The second kappa shape index (κ2) is 22.6. The number of halogens is 2. The molecular weight excluding hydrogens is 475 g/mol. The lowest BCUT2D eigenvalue weighted by Gasteiger charge is -2.24. The van der Waals surface area contributed by atoms with Gasteiger partial charge in [0, 0.05) is 39.0 Å². The molecule has 204 valence electrons. The highest BCUT2D eigenvalue weighted by Crippen LogP contribution is 2.07. The molecule has 7 nitrogen and oxygen atoms in total. The summed E-state index contributed by atoms with van der Waals surface area (Å²) in [5.41, 5.74) is 0. The van der Waals surface area contributed by atoms with E-state index < -0.39 is 0 Å². The van der Waals surface area contributed by atoms with Crippen molar-refractivity contribution in [1.82, 2.24) is 10.6 Å². The molecule has 0 radical (unpaired) electrons. The summed E-state index contributed by atoms with van der Waals surface area (Å²) in [6.45, 7) is 6.99. The van der Waals surface area contributed by atoms with Crippen LogP contribution in [0, 0.1) is 0 Å². The van der Waals surface area contributed by atoms with Crippen molar-refractivity contribution >= 4 is 11.8 Å². The number of nitrogens with zero attached hydrogens (tertiary/aromatic N) is 2. The number of amides is 2. The predicted molar refractivity (Wildman–Crippen MR) is 133 cm³/mol. The fourth-order valence-electron chi connectivity index (χ4n) is 3.19. The van der Waals surface area contributed by atoms with E-state index in [0.717, 1.165) is 86.8 Å². The van der Waals surface area contributed by atoms with Gasteiger partial charge in [0.25, 0.3) is 0 Å². The molecule has 0 bridgehead atoms. The number of carbonyl (C=O) groups excluding carboxylic acids is 2. The van der Waals surface area contributed by atoms with Crippen LogP contribution in [-0.4, -0.2) is 95.4 Å². The van der Waals surface area contributed by atoms with Gasteiger partial charge in [0.2, 0.25) is 11.8 Å². The maximum absolute atomic E-state index is 12.0. The standard InChI is InChI=1S/C25H50N4O3.2ClH/c1-7-22-32-23-21-29(5,6)20-14-18-27-25(31)16-12-10-8-9-11-15-24(30)26-17-13-19-28(2,3)4;;/h14,20H,7-13,15-19,21-23H2,1-6H3;2*1H/b20-14-;;. The first-order valence-corrected chi connectivity index (χ1v) is 12.5. The molecular formula is C25H52Cl2N4O3. The highest BCUT2D eigenvalue weighted by Gasteiger charge is 2.10. The quantitative estimate of drug-likeness (QED) is 0.132.